The third-order valence-electron chi connectivity index (χ3n) is 4.49. The van der Waals surface area contributed by atoms with E-state index in [0.29, 0.717) is 11.6 Å². The van der Waals surface area contributed by atoms with Crippen LogP contribution < -0.4 is 10.0 Å². The summed E-state index contributed by atoms with van der Waals surface area (Å²) in [5.41, 5.74) is 1.32. The molecule has 0 spiro atoms. The Labute approximate surface area is 151 Å². The fraction of sp³-hybridized carbons (Fsp3) is 0.412. The molecular weight excluding hydrogens is 359 g/mol. The largest absolute Gasteiger partial charge is 0.320 e. The van der Waals surface area contributed by atoms with Gasteiger partial charge in [0.25, 0.3) is 5.91 Å². The Morgan fingerprint density at radius 3 is 2.62 bits per heavy atom. The van der Waals surface area contributed by atoms with Crippen molar-refractivity contribution in [3.05, 3.63) is 41.5 Å². The first-order valence-corrected chi connectivity index (χ1v) is 10.3. The number of halogens is 1. The zero-order chi connectivity index (χ0) is 18.9. The van der Waals surface area contributed by atoms with Gasteiger partial charge in [-0.2, -0.15) is 5.10 Å². The summed E-state index contributed by atoms with van der Waals surface area (Å²) < 4.78 is 40.5. The number of sulfonamides is 1. The summed E-state index contributed by atoms with van der Waals surface area (Å²) in [6.07, 6.45) is 6.87. The molecule has 1 aliphatic rings. The number of amides is 1. The van der Waals surface area contributed by atoms with Crippen molar-refractivity contribution < 1.29 is 17.6 Å². The van der Waals surface area contributed by atoms with Crippen LogP contribution in [0.2, 0.25) is 0 Å². The Balaban J connectivity index is 1.84. The monoisotopic (exact) mass is 380 g/mol. The lowest BCUT2D eigenvalue weighted by molar-refractivity contribution is 0.102. The van der Waals surface area contributed by atoms with E-state index in [-0.39, 0.29) is 11.4 Å². The van der Waals surface area contributed by atoms with E-state index in [9.17, 15) is 17.6 Å². The molecule has 0 aliphatic heterocycles. The Bertz CT molecular complexity index is 933. The van der Waals surface area contributed by atoms with Crippen molar-refractivity contribution in [1.29, 1.82) is 0 Å². The van der Waals surface area contributed by atoms with E-state index in [0.717, 1.165) is 49.8 Å². The zero-order valence-electron chi connectivity index (χ0n) is 14.6. The molecule has 9 heteroatoms. The van der Waals surface area contributed by atoms with E-state index in [1.54, 1.807) is 0 Å². The van der Waals surface area contributed by atoms with Crippen LogP contribution in [-0.4, -0.2) is 30.4 Å². The lowest BCUT2D eigenvalue weighted by Gasteiger charge is -2.14. The number of hydrogen-bond acceptors (Lipinski definition) is 4. The average molecular weight is 380 g/mol. The Kier molecular flexibility index (Phi) is 4.99. The minimum Gasteiger partial charge on any atom is -0.320 e. The van der Waals surface area contributed by atoms with Gasteiger partial charge in [0.05, 0.1) is 35.4 Å². The molecule has 0 atom stereocenters. The second-order valence-electron chi connectivity index (χ2n) is 6.54. The van der Waals surface area contributed by atoms with Crippen LogP contribution in [0.3, 0.4) is 0 Å². The summed E-state index contributed by atoms with van der Waals surface area (Å²) in [5.74, 6) is -1.03. The quantitative estimate of drug-likeness (QED) is 0.834. The van der Waals surface area contributed by atoms with Crippen molar-refractivity contribution in [2.75, 3.05) is 16.3 Å². The molecule has 0 unspecified atom stereocenters. The van der Waals surface area contributed by atoms with Crippen LogP contribution >= 0.6 is 0 Å². The van der Waals surface area contributed by atoms with E-state index in [4.69, 9.17) is 0 Å². The van der Waals surface area contributed by atoms with E-state index < -0.39 is 21.7 Å². The number of nitrogens with one attached hydrogen (secondary N) is 2. The van der Waals surface area contributed by atoms with Crippen molar-refractivity contribution in [2.45, 2.75) is 38.6 Å². The molecule has 0 saturated heterocycles. The second-order valence-corrected chi connectivity index (χ2v) is 8.29. The van der Waals surface area contributed by atoms with Gasteiger partial charge in [0, 0.05) is 11.8 Å². The molecule has 7 nitrogen and oxygen atoms in total. The van der Waals surface area contributed by atoms with Gasteiger partial charge in [-0.25, -0.2) is 12.8 Å². The highest BCUT2D eigenvalue weighted by molar-refractivity contribution is 7.92. The maximum absolute atomic E-state index is 13.5. The summed E-state index contributed by atoms with van der Waals surface area (Å²) in [6.45, 7) is 1.83. The number of carbonyl (C=O) groups excluding carboxylic acids is 1. The highest BCUT2D eigenvalue weighted by atomic mass is 32.2. The van der Waals surface area contributed by atoms with Crippen LogP contribution in [0.4, 0.5) is 15.8 Å². The first kappa shape index (κ1) is 18.4. The fourth-order valence-electron chi connectivity index (χ4n) is 3.26. The standard InChI is InChI=1S/C17H21FN4O3S/c1-11-14(10-19-22(11)13-5-3-4-6-13)17(23)20-15-8-7-12(18)9-16(15)21-26(2,24)25/h7-10,13,21H,3-6H2,1-2H3,(H,20,23). The summed E-state index contributed by atoms with van der Waals surface area (Å²) in [5, 5.41) is 6.98. The van der Waals surface area contributed by atoms with Crippen molar-refractivity contribution in [2.24, 2.45) is 0 Å². The summed E-state index contributed by atoms with van der Waals surface area (Å²) >= 11 is 0. The molecule has 0 bridgehead atoms. The normalized spacial score (nSPS) is 15.2. The molecule has 0 radical (unpaired) electrons. The molecule has 1 saturated carbocycles. The van der Waals surface area contributed by atoms with Gasteiger partial charge < -0.3 is 5.32 Å². The fourth-order valence-corrected chi connectivity index (χ4v) is 3.83. The van der Waals surface area contributed by atoms with Gasteiger partial charge in [-0.1, -0.05) is 12.8 Å². The Hall–Kier alpha value is -2.42. The second kappa shape index (κ2) is 7.06. The highest BCUT2D eigenvalue weighted by Gasteiger charge is 2.23. The van der Waals surface area contributed by atoms with Crippen LogP contribution in [0, 0.1) is 12.7 Å². The van der Waals surface area contributed by atoms with E-state index in [1.807, 2.05) is 11.6 Å². The number of anilines is 2. The Morgan fingerprint density at radius 1 is 1.27 bits per heavy atom. The molecule has 2 N–H and O–H groups in total. The molecule has 1 aromatic carbocycles. The molecule has 26 heavy (non-hydrogen) atoms. The van der Waals surface area contributed by atoms with Crippen LogP contribution in [0.25, 0.3) is 0 Å². The Morgan fingerprint density at radius 2 is 1.96 bits per heavy atom. The smallest absolute Gasteiger partial charge is 0.259 e. The first-order chi connectivity index (χ1) is 12.2. The van der Waals surface area contributed by atoms with Gasteiger partial charge in [0.1, 0.15) is 5.82 Å². The average Bonchev–Trinajstić information content (AvgIpc) is 3.17. The maximum Gasteiger partial charge on any atom is 0.259 e. The number of aromatic nitrogens is 2. The predicted molar refractivity (Wildman–Crippen MR) is 97.3 cm³/mol. The molecule has 140 valence electrons. The van der Waals surface area contributed by atoms with Crippen molar-refractivity contribution in [3.8, 4) is 0 Å². The van der Waals surface area contributed by atoms with Crippen LogP contribution in [0.5, 0.6) is 0 Å². The van der Waals surface area contributed by atoms with E-state index in [2.05, 4.69) is 15.1 Å². The molecule has 1 amide bonds. The maximum atomic E-state index is 13.5. The number of nitrogens with zero attached hydrogens (tertiary/aromatic N) is 2. The molecule has 3 rings (SSSR count). The van der Waals surface area contributed by atoms with Crippen molar-refractivity contribution in [1.82, 2.24) is 9.78 Å². The predicted octanol–water partition coefficient (Wildman–Crippen LogP) is 3.07. The van der Waals surface area contributed by atoms with Crippen LogP contribution in [-0.2, 0) is 10.0 Å². The summed E-state index contributed by atoms with van der Waals surface area (Å²) in [6, 6.07) is 3.80. The minimum absolute atomic E-state index is 0.0262. The third-order valence-corrected chi connectivity index (χ3v) is 5.08. The van der Waals surface area contributed by atoms with Gasteiger partial charge in [-0.05, 0) is 31.9 Å². The van der Waals surface area contributed by atoms with Gasteiger partial charge in [0.15, 0.2) is 0 Å². The molecular formula is C17H21FN4O3S. The first-order valence-electron chi connectivity index (χ1n) is 8.37. The lowest BCUT2D eigenvalue weighted by atomic mass is 10.2. The molecule has 1 fully saturated rings. The van der Waals surface area contributed by atoms with E-state index in [1.165, 1.54) is 12.3 Å². The lowest BCUT2D eigenvalue weighted by Crippen LogP contribution is -2.17. The van der Waals surface area contributed by atoms with Gasteiger partial charge in [-0.15, -0.1) is 0 Å². The molecule has 1 aliphatic carbocycles. The van der Waals surface area contributed by atoms with Gasteiger partial charge in [-0.3, -0.25) is 14.2 Å². The zero-order valence-corrected chi connectivity index (χ0v) is 15.4. The van der Waals surface area contributed by atoms with Crippen molar-refractivity contribution >= 4 is 27.3 Å². The summed E-state index contributed by atoms with van der Waals surface area (Å²) in [4.78, 5) is 12.6. The highest BCUT2D eigenvalue weighted by Crippen LogP contribution is 2.31. The molecule has 2 aromatic rings. The number of carbonyl (C=O) groups is 1. The van der Waals surface area contributed by atoms with Crippen molar-refractivity contribution in [3.63, 3.8) is 0 Å². The topological polar surface area (TPSA) is 93.1 Å². The number of hydrogen-bond donors (Lipinski definition) is 2. The number of rotatable bonds is 5. The van der Waals surface area contributed by atoms with E-state index >= 15 is 0 Å². The SMILES string of the molecule is Cc1c(C(=O)Nc2ccc(F)cc2NS(C)(=O)=O)cnn1C1CCCC1. The van der Waals surface area contributed by atoms with Crippen LogP contribution in [0.15, 0.2) is 24.4 Å². The summed E-state index contributed by atoms with van der Waals surface area (Å²) in [7, 11) is -3.62. The number of benzene rings is 1. The minimum atomic E-state index is -3.62. The molecule has 1 heterocycles. The molecule has 1 aromatic heterocycles. The van der Waals surface area contributed by atoms with Gasteiger partial charge in [0.2, 0.25) is 10.0 Å². The third kappa shape index (κ3) is 4.04. The van der Waals surface area contributed by atoms with Crippen LogP contribution in [0.1, 0.15) is 47.8 Å². The van der Waals surface area contributed by atoms with Gasteiger partial charge >= 0.3 is 0 Å².